The van der Waals surface area contributed by atoms with Gasteiger partial charge in [0, 0.05) is 18.9 Å². The first-order valence-corrected chi connectivity index (χ1v) is 19.8. The van der Waals surface area contributed by atoms with Gasteiger partial charge in [-0.15, -0.1) is 0 Å². The van der Waals surface area contributed by atoms with E-state index in [2.05, 4.69) is 20.3 Å². The number of fused-ring (bicyclic) bond motifs is 3. The van der Waals surface area contributed by atoms with Gasteiger partial charge in [0.25, 0.3) is 11.1 Å². The summed E-state index contributed by atoms with van der Waals surface area (Å²) < 4.78 is 40.4. The number of hydrogen-bond acceptors (Lipinski definition) is 10. The van der Waals surface area contributed by atoms with E-state index < -0.39 is 50.8 Å². The van der Waals surface area contributed by atoms with Gasteiger partial charge in [-0.2, -0.15) is 0 Å². The van der Waals surface area contributed by atoms with E-state index in [-0.39, 0.29) is 31.2 Å². The molecule has 3 amide bonds. The number of carbonyl (C=O) groups excluding carboxylic acids is 3. The summed E-state index contributed by atoms with van der Waals surface area (Å²) in [6.45, 7) is 0.637. The first-order valence-electron chi connectivity index (χ1n) is 17.4. The van der Waals surface area contributed by atoms with Gasteiger partial charge in [-0.3, -0.25) is 19.1 Å². The quantitative estimate of drug-likeness (QED) is 0.280. The maximum Gasteiger partial charge on any atom is 0.274 e. The Hall–Kier alpha value is -4.01. The van der Waals surface area contributed by atoms with Crippen molar-refractivity contribution in [2.45, 2.75) is 93.3 Å². The Morgan fingerprint density at radius 2 is 1.92 bits per heavy atom. The number of hydrogen-bond donors (Lipinski definition) is 3. The highest BCUT2D eigenvalue weighted by molar-refractivity contribution is 7.91. The Morgan fingerprint density at radius 3 is 2.70 bits per heavy atom. The predicted molar refractivity (Wildman–Crippen MR) is 189 cm³/mol. The number of nitrogens with one attached hydrogen (secondary N) is 3. The van der Waals surface area contributed by atoms with Crippen molar-refractivity contribution in [3.63, 3.8) is 0 Å². The van der Waals surface area contributed by atoms with Crippen molar-refractivity contribution in [3.05, 3.63) is 66.2 Å². The molecule has 3 aromatic rings. The molecule has 0 spiro atoms. The van der Waals surface area contributed by atoms with Gasteiger partial charge in [-0.25, -0.2) is 13.4 Å². The Labute approximate surface area is 296 Å². The summed E-state index contributed by atoms with van der Waals surface area (Å²) in [5, 5.41) is 6.23. The van der Waals surface area contributed by atoms with Crippen LogP contribution in [-0.2, 0) is 31.0 Å². The van der Waals surface area contributed by atoms with Crippen LogP contribution < -0.4 is 24.8 Å². The number of carbonyl (C=O) groups is 3. The van der Waals surface area contributed by atoms with Crippen molar-refractivity contribution >= 4 is 49.3 Å². The zero-order valence-electron chi connectivity index (χ0n) is 28.0. The fourth-order valence-electron chi connectivity index (χ4n) is 6.94. The molecule has 2 aliphatic carbocycles. The summed E-state index contributed by atoms with van der Waals surface area (Å²) >= 11 is 1.36. The number of nitrogens with zero attached hydrogens (tertiary/aromatic N) is 2. The van der Waals surface area contributed by atoms with Crippen LogP contribution in [0.3, 0.4) is 0 Å². The van der Waals surface area contributed by atoms with Crippen LogP contribution in [0.2, 0.25) is 0 Å². The molecule has 5 atom stereocenters. The Morgan fingerprint density at radius 1 is 1.10 bits per heavy atom. The molecule has 2 saturated carbocycles. The lowest BCUT2D eigenvalue weighted by molar-refractivity contribution is -0.141. The molecule has 3 N–H and O–H groups in total. The summed E-state index contributed by atoms with van der Waals surface area (Å²) in [4.78, 5) is 48.6. The molecule has 0 bridgehead atoms. The molecule has 1 saturated heterocycles. The first kappa shape index (κ1) is 34.4. The molecule has 2 aromatic carbocycles. The number of benzene rings is 2. The number of allylic oxidation sites excluding steroid dienone is 1. The smallest absolute Gasteiger partial charge is 0.274 e. The molecule has 0 unspecified atom stereocenters. The van der Waals surface area contributed by atoms with Crippen LogP contribution in [0.15, 0.2) is 60.7 Å². The molecule has 0 radical (unpaired) electrons. The van der Waals surface area contributed by atoms with Crippen molar-refractivity contribution in [1.82, 2.24) is 25.2 Å². The zero-order chi connectivity index (χ0) is 34.9. The van der Waals surface area contributed by atoms with E-state index in [4.69, 9.17) is 9.47 Å². The van der Waals surface area contributed by atoms with E-state index in [1.165, 1.54) is 11.3 Å². The van der Waals surface area contributed by atoms with E-state index in [0.29, 0.717) is 36.8 Å². The van der Waals surface area contributed by atoms with E-state index >= 15 is 0 Å². The van der Waals surface area contributed by atoms with Gasteiger partial charge in [-0.1, -0.05) is 66.7 Å². The topological polar surface area (TPSA) is 156 Å². The van der Waals surface area contributed by atoms with Crippen molar-refractivity contribution in [2.24, 2.45) is 5.92 Å². The van der Waals surface area contributed by atoms with Crippen LogP contribution in [-0.4, -0.2) is 78.7 Å². The molecule has 50 heavy (non-hydrogen) atoms. The van der Waals surface area contributed by atoms with Gasteiger partial charge in [0.05, 0.1) is 35.2 Å². The normalized spacial score (nSPS) is 27.4. The molecular weight excluding hydrogens is 679 g/mol. The third-order valence-corrected chi connectivity index (χ3v) is 12.8. The number of methoxy groups -OCH3 is 1. The minimum Gasteiger partial charge on any atom is -0.497 e. The van der Waals surface area contributed by atoms with Crippen LogP contribution >= 0.6 is 11.3 Å². The molecule has 12 nitrogen and oxygen atoms in total. The van der Waals surface area contributed by atoms with E-state index in [1.807, 2.05) is 60.7 Å². The van der Waals surface area contributed by atoms with Crippen molar-refractivity contribution in [3.8, 4) is 10.9 Å². The minimum atomic E-state index is -3.83. The van der Waals surface area contributed by atoms with Gasteiger partial charge >= 0.3 is 0 Å². The van der Waals surface area contributed by atoms with Crippen molar-refractivity contribution in [1.29, 1.82) is 0 Å². The minimum absolute atomic E-state index is 0.151. The second kappa shape index (κ2) is 14.3. The Bertz CT molecular complexity index is 1880. The van der Waals surface area contributed by atoms with Gasteiger partial charge < -0.3 is 25.0 Å². The second-order valence-corrected chi connectivity index (χ2v) is 16.7. The maximum absolute atomic E-state index is 14.4. The van der Waals surface area contributed by atoms with Crippen molar-refractivity contribution < 1.29 is 32.3 Å². The van der Waals surface area contributed by atoms with E-state index in [1.54, 1.807) is 12.0 Å². The average Bonchev–Trinajstić information content (AvgIpc) is 4.00. The molecule has 3 fully saturated rings. The lowest BCUT2D eigenvalue weighted by atomic mass is 10.0. The van der Waals surface area contributed by atoms with Gasteiger partial charge in [-0.05, 0) is 62.3 Å². The van der Waals surface area contributed by atoms with Gasteiger partial charge in [0.15, 0.2) is 0 Å². The summed E-state index contributed by atoms with van der Waals surface area (Å²) in [5.74, 6) is -1.11. The Kier molecular flexibility index (Phi) is 9.86. The molecule has 7 rings (SSSR count). The third kappa shape index (κ3) is 7.52. The van der Waals surface area contributed by atoms with Gasteiger partial charge in [0.1, 0.15) is 23.4 Å². The van der Waals surface area contributed by atoms with Crippen LogP contribution in [0.25, 0.3) is 10.2 Å². The summed E-state index contributed by atoms with van der Waals surface area (Å²) in [7, 11) is -2.23. The molecule has 14 heteroatoms. The first-order chi connectivity index (χ1) is 24.1. The monoisotopic (exact) mass is 721 g/mol. The summed E-state index contributed by atoms with van der Waals surface area (Å²) in [6.07, 6.45) is 8.87. The molecule has 266 valence electrons. The lowest BCUT2D eigenvalue weighted by Crippen LogP contribution is -2.58. The fourth-order valence-corrected chi connectivity index (χ4v) is 9.22. The Balaban J connectivity index is 1.16. The van der Waals surface area contributed by atoms with Crippen LogP contribution in [0.1, 0.15) is 63.4 Å². The standard InChI is InChI=1S/C36H43N5O7S2/c1-47-25-14-17-28-31(19-25)49-35(38-28)48-26-18-30-32(42)39-36(34(44)40-50(45,46)27-15-16-27)20-24(36)12-8-3-2-4-9-13-29(33(43)41(30)22-26)37-21-23-10-6-5-7-11-23/h5-8,10-12,14,17,19,24,26-27,29-30,37H,2-4,9,13,15-16,18,20-22H2,1H3,(H,39,42)(H,40,44)/t24-,26-,29+,30+,36-/m1/s1. The maximum atomic E-state index is 14.4. The molecule has 4 aliphatic rings. The lowest BCUT2D eigenvalue weighted by Gasteiger charge is -2.30. The number of aromatic nitrogens is 1. The molecular formula is C36H43N5O7S2. The van der Waals surface area contributed by atoms with Gasteiger partial charge in [0.2, 0.25) is 21.8 Å². The summed E-state index contributed by atoms with van der Waals surface area (Å²) in [5.41, 5.74) is 0.375. The molecule has 2 aliphatic heterocycles. The fraction of sp³-hybridized carbons (Fsp3) is 0.500. The average molecular weight is 722 g/mol. The SMILES string of the molecule is COc1ccc2nc(O[C@@H]3C[C@H]4C(=O)N[C@]5(C(=O)NS(=O)(=O)C6CC6)C[C@H]5C=CCCCCC[C@H](NCc5ccccc5)C(=O)N4C3)sc2c1. The highest BCUT2D eigenvalue weighted by Crippen LogP contribution is 2.46. The second-order valence-electron chi connectivity index (χ2n) is 13.7. The van der Waals surface area contributed by atoms with E-state index in [9.17, 15) is 22.8 Å². The number of rotatable bonds is 9. The van der Waals surface area contributed by atoms with Crippen molar-refractivity contribution in [2.75, 3.05) is 13.7 Å². The molecule has 3 heterocycles. The number of ether oxygens (including phenoxy) is 2. The number of amides is 3. The van der Waals surface area contributed by atoms with Crippen LogP contribution in [0, 0.1) is 5.92 Å². The number of sulfonamides is 1. The van der Waals surface area contributed by atoms with Crippen LogP contribution in [0.5, 0.6) is 10.9 Å². The summed E-state index contributed by atoms with van der Waals surface area (Å²) in [6, 6.07) is 13.9. The highest BCUT2D eigenvalue weighted by Gasteiger charge is 2.62. The number of thiazole rings is 1. The molecule has 1 aromatic heterocycles. The highest BCUT2D eigenvalue weighted by atomic mass is 32.2. The van der Waals surface area contributed by atoms with E-state index in [0.717, 1.165) is 41.5 Å². The third-order valence-electron chi connectivity index (χ3n) is 10.1. The van der Waals surface area contributed by atoms with Crippen LogP contribution in [0.4, 0.5) is 0 Å². The zero-order valence-corrected chi connectivity index (χ0v) is 29.6. The largest absolute Gasteiger partial charge is 0.497 e. The predicted octanol–water partition coefficient (Wildman–Crippen LogP) is 3.82.